The van der Waals surface area contributed by atoms with Gasteiger partial charge in [0.1, 0.15) is 6.10 Å². The van der Waals surface area contributed by atoms with Crippen LogP contribution in [0.25, 0.3) is 0 Å². The van der Waals surface area contributed by atoms with Gasteiger partial charge in [0.25, 0.3) is 0 Å². The number of carboxylic acid groups (broad SMARTS) is 2. The number of esters is 1. The van der Waals surface area contributed by atoms with E-state index >= 15 is 0 Å². The predicted molar refractivity (Wildman–Crippen MR) is 168 cm³/mol. The van der Waals surface area contributed by atoms with Gasteiger partial charge in [-0.2, -0.15) is 0 Å². The average Bonchev–Trinajstić information content (AvgIpc) is 2.86. The van der Waals surface area contributed by atoms with Crippen LogP contribution in [0.1, 0.15) is 119 Å². The van der Waals surface area contributed by atoms with Gasteiger partial charge in [0.2, 0.25) is 0 Å². The minimum atomic E-state index is -1.01. The van der Waals surface area contributed by atoms with Crippen LogP contribution >= 0.6 is 0 Å². The van der Waals surface area contributed by atoms with Crippen LogP contribution < -0.4 is 0 Å². The molecule has 0 amide bonds. The Balaban J connectivity index is 0.00000225. The zero-order valence-corrected chi connectivity index (χ0v) is 27.3. The number of hydrogen-bond donors (Lipinski definition) is 2. The summed E-state index contributed by atoms with van der Waals surface area (Å²) in [5.41, 5.74) is -0.553. The fraction of sp³-hybridized carbons (Fsp3) is 0.824. The number of carbonyl (C=O) groups is 4. The Kier molecular flexibility index (Phi) is 12.3. The van der Waals surface area contributed by atoms with Crippen LogP contribution in [-0.2, 0) is 41.0 Å². The van der Waals surface area contributed by atoms with Crippen molar-refractivity contribution in [3.8, 4) is 0 Å². The molecule has 5 rings (SSSR count). The number of carboxylic acids is 2. The number of allylic oxidation sites excluding steroid dienone is 2. The van der Waals surface area contributed by atoms with E-state index in [2.05, 4.69) is 41.5 Å². The summed E-state index contributed by atoms with van der Waals surface area (Å²) >= 11 is 0. The Labute approximate surface area is 318 Å². The molecule has 243 valence electrons. The van der Waals surface area contributed by atoms with Crippen LogP contribution in [0.4, 0.5) is 0 Å². The van der Waals surface area contributed by atoms with Crippen molar-refractivity contribution < 1.29 is 51.2 Å². The quantitative estimate of drug-likeness (QED) is 0.290. The van der Waals surface area contributed by atoms with E-state index < -0.39 is 23.3 Å². The molecule has 2 N–H and O–H groups in total. The first-order valence-corrected chi connectivity index (χ1v) is 15.7. The number of ketones is 1. The van der Waals surface area contributed by atoms with Crippen LogP contribution in [0.15, 0.2) is 11.6 Å². The molecule has 0 aliphatic heterocycles. The molecule has 0 saturated heterocycles. The molecule has 0 bridgehead atoms. The topological polar surface area (TPSA) is 118 Å². The van der Waals surface area contributed by atoms with Crippen molar-refractivity contribution in [3.63, 3.8) is 0 Å². The van der Waals surface area contributed by atoms with Gasteiger partial charge >= 0.3 is 77.0 Å². The van der Waals surface area contributed by atoms with E-state index in [-0.39, 0.29) is 146 Å². The van der Waals surface area contributed by atoms with E-state index in [1.165, 1.54) is 5.57 Å². The zero-order chi connectivity index (χ0) is 30.4. The second-order valence-corrected chi connectivity index (χ2v) is 16.3. The van der Waals surface area contributed by atoms with Gasteiger partial charge in [-0.1, -0.05) is 47.1 Å². The van der Waals surface area contributed by atoms with Gasteiger partial charge in [0, 0.05) is 28.4 Å². The molecule has 0 heterocycles. The van der Waals surface area contributed by atoms with E-state index in [1.54, 1.807) is 0 Å². The van der Waals surface area contributed by atoms with E-state index in [0.29, 0.717) is 19.3 Å². The molecular weight excluding hydrogens is 630 g/mol. The first-order chi connectivity index (χ1) is 18.8. The molecule has 0 aromatic carbocycles. The third-order valence-corrected chi connectivity index (χ3v) is 13.8. The van der Waals surface area contributed by atoms with Crippen molar-refractivity contribution >= 4 is 82.8 Å². The molecular formula is C34H52CuNa2O7. The number of fused-ring (bicyclic) bond motifs is 7. The third kappa shape index (κ3) is 6.05. The van der Waals surface area contributed by atoms with Crippen LogP contribution in [-0.4, -0.2) is 99.1 Å². The molecule has 44 heavy (non-hydrogen) atoms. The summed E-state index contributed by atoms with van der Waals surface area (Å²) in [6, 6.07) is 0. The summed E-state index contributed by atoms with van der Waals surface area (Å²) in [6.07, 6.45) is 8.80. The first-order valence-electron chi connectivity index (χ1n) is 15.7. The van der Waals surface area contributed by atoms with E-state index in [1.807, 2.05) is 13.0 Å². The SMILES string of the molecule is CC1(C)[C@@H](OC(=O)CCC(=O)O)CC[C@]2(C)[C@H]3C(=O)C=C4[C@@H]5C[C@@](C)(C(=O)O)CC[C@]5(C)CC[C@@]4(C)[C@]3(C)CC[C@@H]12.[Cu].[NaH].[NaH]. The molecule has 4 saturated carbocycles. The summed E-state index contributed by atoms with van der Waals surface area (Å²) < 4.78 is 5.91. The molecule has 4 fully saturated rings. The number of hydrogen-bond acceptors (Lipinski definition) is 5. The summed E-state index contributed by atoms with van der Waals surface area (Å²) in [6.45, 7) is 15.5. The van der Waals surface area contributed by atoms with Gasteiger partial charge < -0.3 is 14.9 Å². The standard InChI is InChI=1S/C34H50O7.Cu.2Na.2H/c1-29(2)23-10-13-34(7)27(32(23,5)12-11-24(29)41-26(38)9-8-25(36)37)22(35)18-20-21-19-31(4,28(39)40)15-14-30(21,3)16-17-33(20,34)6;;;;;/h18,21,23-24,27H,8-17,19H2,1-7H3,(H,36,37)(H,39,40);;;;;/t21-,23-,24-,27+,30+,31-,32-,33+,34+;;;;;/m0...../s1. The molecule has 9 atom stereocenters. The number of aliphatic carboxylic acids is 2. The van der Waals surface area contributed by atoms with E-state index in [4.69, 9.17) is 9.84 Å². The fourth-order valence-corrected chi connectivity index (χ4v) is 11.0. The van der Waals surface area contributed by atoms with Crippen molar-refractivity contribution in [2.24, 2.45) is 50.2 Å². The summed E-state index contributed by atoms with van der Waals surface area (Å²) in [7, 11) is 0. The van der Waals surface area contributed by atoms with Crippen molar-refractivity contribution in [1.82, 2.24) is 0 Å². The Hall–Kier alpha value is 0.339. The molecule has 0 aromatic heterocycles. The zero-order valence-electron chi connectivity index (χ0n) is 26.4. The second kappa shape index (κ2) is 13.3. The van der Waals surface area contributed by atoms with Gasteiger partial charge in [-0.3, -0.25) is 19.2 Å². The predicted octanol–water partition coefficient (Wildman–Crippen LogP) is 5.53. The molecule has 5 aliphatic carbocycles. The van der Waals surface area contributed by atoms with Crippen molar-refractivity contribution in [2.75, 3.05) is 0 Å². The Morgan fingerprint density at radius 2 is 1.48 bits per heavy atom. The summed E-state index contributed by atoms with van der Waals surface area (Å²) in [5.74, 6) is -1.87. The van der Waals surface area contributed by atoms with Gasteiger partial charge in [0.15, 0.2) is 5.78 Å². The minimum absolute atomic E-state index is 0. The average molecular weight is 682 g/mol. The fourth-order valence-electron chi connectivity index (χ4n) is 11.0. The molecule has 0 spiro atoms. The van der Waals surface area contributed by atoms with Gasteiger partial charge in [-0.15, -0.1) is 0 Å². The Bertz CT molecular complexity index is 1220. The van der Waals surface area contributed by atoms with Gasteiger partial charge in [-0.25, -0.2) is 0 Å². The normalized spacial score (nSPS) is 43.4. The molecule has 0 aromatic rings. The van der Waals surface area contributed by atoms with Crippen LogP contribution in [0.2, 0.25) is 0 Å². The summed E-state index contributed by atoms with van der Waals surface area (Å²) in [5, 5.41) is 19.1. The van der Waals surface area contributed by atoms with Gasteiger partial charge in [-0.05, 0) is 104 Å². The van der Waals surface area contributed by atoms with E-state index in [9.17, 15) is 24.3 Å². The number of carbonyl (C=O) groups excluding carboxylic acids is 2. The Morgan fingerprint density at radius 3 is 2.07 bits per heavy atom. The molecule has 7 nitrogen and oxygen atoms in total. The summed E-state index contributed by atoms with van der Waals surface area (Å²) in [4.78, 5) is 50.3. The maximum atomic E-state index is 14.5. The Morgan fingerprint density at radius 1 is 0.864 bits per heavy atom. The third-order valence-electron chi connectivity index (χ3n) is 13.8. The van der Waals surface area contributed by atoms with Crippen LogP contribution in [0, 0.1) is 50.2 Å². The van der Waals surface area contributed by atoms with E-state index in [0.717, 1.165) is 38.5 Å². The van der Waals surface area contributed by atoms with Crippen LogP contribution in [0.3, 0.4) is 0 Å². The number of ether oxygens (including phenoxy) is 1. The monoisotopic (exact) mass is 681 g/mol. The molecule has 10 heteroatoms. The van der Waals surface area contributed by atoms with Crippen molar-refractivity contribution in [1.29, 1.82) is 0 Å². The number of rotatable bonds is 5. The molecule has 0 unspecified atom stereocenters. The second-order valence-electron chi connectivity index (χ2n) is 16.3. The first kappa shape index (κ1) is 40.5. The maximum absolute atomic E-state index is 14.5. The molecule has 5 aliphatic rings. The van der Waals surface area contributed by atoms with Crippen molar-refractivity contribution in [3.05, 3.63) is 11.6 Å². The van der Waals surface area contributed by atoms with Crippen LogP contribution in [0.5, 0.6) is 0 Å². The van der Waals surface area contributed by atoms with Crippen molar-refractivity contribution in [2.45, 2.75) is 125 Å². The molecule has 1 radical (unpaired) electrons. The van der Waals surface area contributed by atoms with Gasteiger partial charge in [0.05, 0.1) is 18.3 Å².